The van der Waals surface area contributed by atoms with E-state index in [-0.39, 0.29) is 28.6 Å². The highest BCUT2D eigenvalue weighted by Gasteiger charge is 2.37. The van der Waals surface area contributed by atoms with Crippen LogP contribution in [0.5, 0.6) is 11.6 Å². The highest BCUT2D eigenvalue weighted by molar-refractivity contribution is 7.93. The van der Waals surface area contributed by atoms with Crippen molar-refractivity contribution in [3.05, 3.63) is 59.2 Å². The van der Waals surface area contributed by atoms with Gasteiger partial charge in [-0.3, -0.25) is 9.71 Å². The van der Waals surface area contributed by atoms with Crippen molar-refractivity contribution < 1.29 is 26.3 Å². The summed E-state index contributed by atoms with van der Waals surface area (Å²) in [6.45, 7) is 2.78. The van der Waals surface area contributed by atoms with Crippen molar-refractivity contribution in [2.24, 2.45) is 0 Å². The Labute approximate surface area is 193 Å². The van der Waals surface area contributed by atoms with Gasteiger partial charge in [0.15, 0.2) is 5.75 Å². The fourth-order valence-electron chi connectivity index (χ4n) is 3.23. The molecule has 0 aromatic carbocycles. The summed E-state index contributed by atoms with van der Waals surface area (Å²) in [6.07, 6.45) is -0.720. The first kappa shape index (κ1) is 23.4. The third kappa shape index (κ3) is 4.94. The minimum absolute atomic E-state index is 0.0217. The van der Waals surface area contributed by atoms with Crippen LogP contribution in [0.15, 0.2) is 36.7 Å². The second kappa shape index (κ2) is 8.57. The minimum Gasteiger partial charge on any atom is -0.435 e. The standard InChI is InChI=1S/C22H18F3N5O3S/c1-12-7-19(22(23,24)25)28-13(2)20(12)33-21-18(30-34(31,32)16-3-4-16)6-5-17(29-21)15-8-14(9-26)10-27-11-15/h5-8,10-11,16,30H,3-4H2,1-2H3. The molecule has 1 aliphatic carbocycles. The van der Waals surface area contributed by atoms with Gasteiger partial charge in [0.25, 0.3) is 0 Å². The molecule has 0 saturated heterocycles. The number of sulfonamides is 1. The molecule has 8 nitrogen and oxygen atoms in total. The molecule has 34 heavy (non-hydrogen) atoms. The number of hydrogen-bond donors (Lipinski definition) is 1. The Morgan fingerprint density at radius 3 is 2.50 bits per heavy atom. The van der Waals surface area contributed by atoms with Gasteiger partial charge in [-0.2, -0.15) is 18.4 Å². The van der Waals surface area contributed by atoms with E-state index in [2.05, 4.69) is 19.7 Å². The van der Waals surface area contributed by atoms with Crippen molar-refractivity contribution in [3.63, 3.8) is 0 Å². The van der Waals surface area contributed by atoms with Crippen molar-refractivity contribution in [1.82, 2.24) is 15.0 Å². The molecule has 0 aliphatic heterocycles. The third-order valence-corrected chi connectivity index (χ3v) is 6.91. The summed E-state index contributed by atoms with van der Waals surface area (Å²) in [6, 6.07) is 7.34. The molecule has 1 saturated carbocycles. The topological polar surface area (TPSA) is 118 Å². The van der Waals surface area contributed by atoms with Gasteiger partial charge in [-0.1, -0.05) is 0 Å². The van der Waals surface area contributed by atoms with Gasteiger partial charge >= 0.3 is 6.18 Å². The first-order chi connectivity index (χ1) is 16.0. The minimum atomic E-state index is -4.63. The summed E-state index contributed by atoms with van der Waals surface area (Å²) >= 11 is 0. The molecule has 176 valence electrons. The molecule has 1 fully saturated rings. The Balaban J connectivity index is 1.79. The zero-order chi connectivity index (χ0) is 24.7. The van der Waals surface area contributed by atoms with Gasteiger partial charge in [-0.25, -0.2) is 18.4 Å². The van der Waals surface area contributed by atoms with Crippen LogP contribution in [-0.2, 0) is 16.2 Å². The van der Waals surface area contributed by atoms with E-state index in [0.29, 0.717) is 29.7 Å². The average molecular weight is 489 g/mol. The van der Waals surface area contributed by atoms with E-state index < -0.39 is 27.1 Å². The molecule has 12 heteroatoms. The lowest BCUT2D eigenvalue weighted by Gasteiger charge is -2.17. The molecule has 3 aromatic heterocycles. The highest BCUT2D eigenvalue weighted by Crippen LogP contribution is 2.38. The number of ether oxygens (including phenoxy) is 1. The predicted molar refractivity (Wildman–Crippen MR) is 117 cm³/mol. The van der Waals surface area contributed by atoms with Crippen molar-refractivity contribution >= 4 is 15.7 Å². The fraction of sp³-hybridized carbons (Fsp3) is 0.273. The third-order valence-electron chi connectivity index (χ3n) is 5.06. The first-order valence-corrected chi connectivity index (χ1v) is 11.6. The number of aromatic nitrogens is 3. The maximum atomic E-state index is 13.1. The van der Waals surface area contributed by atoms with Crippen LogP contribution in [0.4, 0.5) is 18.9 Å². The zero-order valence-corrected chi connectivity index (χ0v) is 18.8. The molecule has 0 atom stereocenters. The summed E-state index contributed by atoms with van der Waals surface area (Å²) in [5.74, 6) is -0.148. The Bertz CT molecular complexity index is 1390. The molecule has 0 radical (unpaired) electrons. The molecule has 4 rings (SSSR count). The molecule has 0 amide bonds. The summed E-state index contributed by atoms with van der Waals surface area (Å²) in [5, 5.41) is 8.61. The summed E-state index contributed by atoms with van der Waals surface area (Å²) in [7, 11) is -3.68. The van der Waals surface area contributed by atoms with E-state index in [0.717, 1.165) is 6.07 Å². The number of alkyl halides is 3. The van der Waals surface area contributed by atoms with E-state index in [1.807, 2.05) is 6.07 Å². The second-order valence-electron chi connectivity index (χ2n) is 7.81. The normalized spacial score (nSPS) is 13.9. The van der Waals surface area contributed by atoms with Crippen LogP contribution >= 0.6 is 0 Å². The van der Waals surface area contributed by atoms with E-state index in [9.17, 15) is 21.6 Å². The second-order valence-corrected chi connectivity index (χ2v) is 9.77. The van der Waals surface area contributed by atoms with Gasteiger partial charge in [-0.05, 0) is 56.5 Å². The Hall–Kier alpha value is -3.72. The molecule has 0 unspecified atom stereocenters. The van der Waals surface area contributed by atoms with E-state index in [1.54, 1.807) is 6.07 Å². The maximum Gasteiger partial charge on any atom is 0.433 e. The van der Waals surface area contributed by atoms with Crippen molar-refractivity contribution in [2.45, 2.75) is 38.1 Å². The monoisotopic (exact) mass is 489 g/mol. The van der Waals surface area contributed by atoms with Gasteiger partial charge in [0.2, 0.25) is 15.9 Å². The first-order valence-electron chi connectivity index (χ1n) is 10.1. The van der Waals surface area contributed by atoms with E-state index in [4.69, 9.17) is 10.00 Å². The Morgan fingerprint density at radius 2 is 1.88 bits per heavy atom. The van der Waals surface area contributed by atoms with Crippen molar-refractivity contribution in [2.75, 3.05) is 4.72 Å². The fourth-order valence-corrected chi connectivity index (χ4v) is 4.61. The molecular formula is C22H18F3N5O3S. The number of anilines is 1. The summed E-state index contributed by atoms with van der Waals surface area (Å²) in [4.78, 5) is 12.0. The number of nitriles is 1. The molecule has 0 bridgehead atoms. The maximum absolute atomic E-state index is 13.1. The quantitative estimate of drug-likeness (QED) is 0.531. The van der Waals surface area contributed by atoms with Crippen LogP contribution in [0.3, 0.4) is 0 Å². The van der Waals surface area contributed by atoms with Crippen LogP contribution < -0.4 is 9.46 Å². The average Bonchev–Trinajstić information content (AvgIpc) is 3.62. The molecule has 0 spiro atoms. The zero-order valence-electron chi connectivity index (χ0n) is 18.0. The number of rotatable bonds is 6. The van der Waals surface area contributed by atoms with Gasteiger partial charge in [0.1, 0.15) is 17.5 Å². The van der Waals surface area contributed by atoms with E-state index >= 15 is 0 Å². The van der Waals surface area contributed by atoms with Crippen molar-refractivity contribution in [3.8, 4) is 29.0 Å². The van der Waals surface area contributed by atoms with Gasteiger partial charge in [0, 0.05) is 18.0 Å². The molecular weight excluding hydrogens is 471 g/mol. The molecule has 1 aliphatic rings. The number of hydrogen-bond acceptors (Lipinski definition) is 7. The van der Waals surface area contributed by atoms with Crippen LogP contribution in [0.1, 0.15) is 35.4 Å². The SMILES string of the molecule is Cc1cc(C(F)(F)F)nc(C)c1Oc1nc(-c2cncc(C#N)c2)ccc1NS(=O)(=O)C1CC1. The van der Waals surface area contributed by atoms with Gasteiger partial charge in [0.05, 0.1) is 22.2 Å². The number of halogens is 3. The number of nitrogens with zero attached hydrogens (tertiary/aromatic N) is 4. The number of aryl methyl sites for hydroxylation is 2. The Morgan fingerprint density at radius 1 is 1.15 bits per heavy atom. The van der Waals surface area contributed by atoms with E-state index in [1.165, 1.54) is 38.4 Å². The van der Waals surface area contributed by atoms with Crippen molar-refractivity contribution in [1.29, 1.82) is 5.26 Å². The molecule has 3 heterocycles. The highest BCUT2D eigenvalue weighted by atomic mass is 32.2. The lowest BCUT2D eigenvalue weighted by Crippen LogP contribution is -2.18. The summed E-state index contributed by atoms with van der Waals surface area (Å²) in [5.41, 5.74) is 0.159. The smallest absolute Gasteiger partial charge is 0.433 e. The largest absolute Gasteiger partial charge is 0.435 e. The predicted octanol–water partition coefficient (Wildman–Crippen LogP) is 4.74. The van der Waals surface area contributed by atoms with Gasteiger partial charge in [-0.15, -0.1) is 0 Å². The molecule has 3 aromatic rings. The van der Waals surface area contributed by atoms with Crippen LogP contribution in [0, 0.1) is 25.2 Å². The lowest BCUT2D eigenvalue weighted by atomic mass is 10.1. The lowest BCUT2D eigenvalue weighted by molar-refractivity contribution is -0.141. The molecule has 1 N–H and O–H groups in total. The van der Waals surface area contributed by atoms with Gasteiger partial charge < -0.3 is 4.74 Å². The van der Waals surface area contributed by atoms with Crippen LogP contribution in [-0.4, -0.2) is 28.6 Å². The Kier molecular flexibility index (Phi) is 5.91. The summed E-state index contributed by atoms with van der Waals surface area (Å²) < 4.78 is 72.7. The number of pyridine rings is 3. The van der Waals surface area contributed by atoms with Crippen LogP contribution in [0.25, 0.3) is 11.3 Å². The number of nitrogens with one attached hydrogen (secondary N) is 1. The van der Waals surface area contributed by atoms with Crippen LogP contribution in [0.2, 0.25) is 0 Å².